The summed E-state index contributed by atoms with van der Waals surface area (Å²) < 4.78 is 9.97. The van der Waals surface area contributed by atoms with E-state index < -0.39 is 48.7 Å². The smallest absolute Gasteiger partial charge is 0.407 e. The first-order valence-corrected chi connectivity index (χ1v) is 9.08. The zero-order valence-corrected chi connectivity index (χ0v) is 16.4. The number of aliphatic hydroxyl groups excluding tert-OH is 1. The third-order valence-electron chi connectivity index (χ3n) is 4.22. The van der Waals surface area contributed by atoms with Crippen LogP contribution in [-0.2, 0) is 29.4 Å². The van der Waals surface area contributed by atoms with Crippen LogP contribution in [0.2, 0.25) is 0 Å². The van der Waals surface area contributed by atoms with Gasteiger partial charge in [0.25, 0.3) is 0 Å². The number of ether oxygens (including phenoxy) is 2. The molecule has 0 spiro atoms. The number of benzene rings is 1. The van der Waals surface area contributed by atoms with Gasteiger partial charge in [-0.2, -0.15) is 0 Å². The standard InChI is InChI=1S/C20H24N2O8/c1-3-9-28-19(27)21-15(10-17(24)25)16(23)12-29-18(26)20(11-13(2)30-22-20)14-7-5-4-6-8-14/h3-8,11,15-16,22-23H,1,9-10,12H2,2H3,(H,21,27)(H,24,25). The van der Waals surface area contributed by atoms with Crippen molar-refractivity contribution in [1.29, 1.82) is 0 Å². The summed E-state index contributed by atoms with van der Waals surface area (Å²) in [6.07, 6.45) is -0.166. The predicted octanol–water partition coefficient (Wildman–Crippen LogP) is 0.980. The average molecular weight is 420 g/mol. The third kappa shape index (κ3) is 5.82. The Labute approximate surface area is 173 Å². The van der Waals surface area contributed by atoms with Gasteiger partial charge in [0.15, 0.2) is 5.54 Å². The third-order valence-corrected chi connectivity index (χ3v) is 4.22. The van der Waals surface area contributed by atoms with E-state index in [0.717, 1.165) is 0 Å². The minimum absolute atomic E-state index is 0.0896. The highest BCUT2D eigenvalue weighted by atomic mass is 16.7. The van der Waals surface area contributed by atoms with Crippen molar-refractivity contribution >= 4 is 18.0 Å². The fourth-order valence-corrected chi connectivity index (χ4v) is 2.78. The number of allylic oxidation sites excluding steroid dienone is 1. The maximum Gasteiger partial charge on any atom is 0.407 e. The molecule has 0 aliphatic carbocycles. The second-order valence-corrected chi connectivity index (χ2v) is 6.53. The minimum Gasteiger partial charge on any atom is -0.481 e. The molecule has 1 aromatic carbocycles. The Kier molecular flexibility index (Phi) is 7.96. The summed E-state index contributed by atoms with van der Waals surface area (Å²) in [6.45, 7) is 4.39. The van der Waals surface area contributed by atoms with Crippen LogP contribution in [0.25, 0.3) is 0 Å². The topological polar surface area (TPSA) is 143 Å². The van der Waals surface area contributed by atoms with Crippen LogP contribution < -0.4 is 10.8 Å². The van der Waals surface area contributed by atoms with E-state index in [0.29, 0.717) is 11.3 Å². The van der Waals surface area contributed by atoms with E-state index in [1.54, 1.807) is 37.3 Å². The molecule has 0 saturated heterocycles. The summed E-state index contributed by atoms with van der Waals surface area (Å²) in [4.78, 5) is 40.9. The van der Waals surface area contributed by atoms with E-state index in [9.17, 15) is 19.5 Å². The van der Waals surface area contributed by atoms with Crippen molar-refractivity contribution in [2.24, 2.45) is 0 Å². The first-order chi connectivity index (χ1) is 14.3. The van der Waals surface area contributed by atoms with Gasteiger partial charge in [0.05, 0.1) is 12.5 Å². The van der Waals surface area contributed by atoms with Crippen LogP contribution in [0.1, 0.15) is 18.9 Å². The molecule has 2 rings (SSSR count). The Morgan fingerprint density at radius 2 is 2.00 bits per heavy atom. The fourth-order valence-electron chi connectivity index (χ4n) is 2.78. The maximum absolute atomic E-state index is 12.9. The number of carboxylic acid groups (broad SMARTS) is 1. The number of nitrogens with one attached hydrogen (secondary N) is 2. The molecule has 0 aromatic heterocycles. The number of amides is 1. The molecular formula is C20H24N2O8. The largest absolute Gasteiger partial charge is 0.481 e. The van der Waals surface area contributed by atoms with Crippen molar-refractivity contribution in [1.82, 2.24) is 10.8 Å². The zero-order valence-electron chi connectivity index (χ0n) is 16.4. The monoisotopic (exact) mass is 420 g/mol. The summed E-state index contributed by atoms with van der Waals surface area (Å²) in [5, 5.41) is 21.6. The van der Waals surface area contributed by atoms with Gasteiger partial charge in [0.1, 0.15) is 25.1 Å². The second-order valence-electron chi connectivity index (χ2n) is 6.53. The number of carbonyl (C=O) groups is 3. The lowest BCUT2D eigenvalue weighted by Crippen LogP contribution is -2.49. The van der Waals surface area contributed by atoms with E-state index in [1.165, 1.54) is 12.2 Å². The molecule has 0 fully saturated rings. The van der Waals surface area contributed by atoms with E-state index in [2.05, 4.69) is 17.4 Å². The zero-order chi connectivity index (χ0) is 22.1. The van der Waals surface area contributed by atoms with E-state index in [1.807, 2.05) is 0 Å². The number of hydroxylamine groups is 1. The number of hydrogen-bond donors (Lipinski definition) is 4. The molecule has 0 saturated carbocycles. The second kappa shape index (κ2) is 10.4. The minimum atomic E-state index is -1.50. The Bertz CT molecular complexity index is 810. The molecular weight excluding hydrogens is 396 g/mol. The van der Waals surface area contributed by atoms with Crippen LogP contribution in [0, 0.1) is 0 Å². The molecule has 3 unspecified atom stereocenters. The molecule has 30 heavy (non-hydrogen) atoms. The number of hydrogen-bond acceptors (Lipinski definition) is 8. The van der Waals surface area contributed by atoms with E-state index >= 15 is 0 Å². The molecule has 1 aliphatic rings. The first-order valence-electron chi connectivity index (χ1n) is 9.08. The molecule has 0 radical (unpaired) electrons. The normalized spacial score (nSPS) is 19.6. The molecule has 10 nitrogen and oxygen atoms in total. The van der Waals surface area contributed by atoms with Gasteiger partial charge in [0, 0.05) is 0 Å². The lowest BCUT2D eigenvalue weighted by Gasteiger charge is -2.27. The molecule has 3 atom stereocenters. The van der Waals surface area contributed by atoms with Gasteiger partial charge in [-0.1, -0.05) is 43.0 Å². The van der Waals surface area contributed by atoms with Gasteiger partial charge in [-0.05, 0) is 18.6 Å². The molecule has 4 N–H and O–H groups in total. The summed E-state index contributed by atoms with van der Waals surface area (Å²) in [7, 11) is 0. The van der Waals surface area contributed by atoms with Gasteiger partial charge < -0.3 is 29.8 Å². The van der Waals surface area contributed by atoms with Crippen molar-refractivity contribution in [3.05, 3.63) is 60.4 Å². The molecule has 162 valence electrons. The van der Waals surface area contributed by atoms with Crippen molar-refractivity contribution in [2.45, 2.75) is 31.0 Å². The SMILES string of the molecule is C=CCOC(=O)NC(CC(=O)O)C(O)COC(=O)C1(c2ccccc2)C=C(C)ON1. The highest BCUT2D eigenvalue weighted by Gasteiger charge is 2.45. The van der Waals surface area contributed by atoms with Crippen LogP contribution in [0.15, 0.2) is 54.8 Å². The Morgan fingerprint density at radius 3 is 2.57 bits per heavy atom. The lowest BCUT2D eigenvalue weighted by atomic mass is 9.90. The van der Waals surface area contributed by atoms with Crippen LogP contribution in [-0.4, -0.2) is 53.6 Å². The van der Waals surface area contributed by atoms with E-state index in [-0.39, 0.29) is 6.61 Å². The number of aliphatic hydroxyl groups is 1. The summed E-state index contributed by atoms with van der Waals surface area (Å²) >= 11 is 0. The number of carboxylic acids is 1. The lowest BCUT2D eigenvalue weighted by molar-refractivity contribution is -0.156. The summed E-state index contributed by atoms with van der Waals surface area (Å²) in [6, 6.07) is 7.42. The number of carbonyl (C=O) groups excluding carboxylic acids is 2. The van der Waals surface area contributed by atoms with Crippen LogP contribution >= 0.6 is 0 Å². The highest BCUT2D eigenvalue weighted by molar-refractivity contribution is 5.85. The van der Waals surface area contributed by atoms with Crippen LogP contribution in [0.3, 0.4) is 0 Å². The molecule has 1 amide bonds. The van der Waals surface area contributed by atoms with Gasteiger partial charge >= 0.3 is 18.0 Å². The van der Waals surface area contributed by atoms with Crippen LogP contribution in [0.5, 0.6) is 0 Å². The van der Waals surface area contributed by atoms with Crippen molar-refractivity contribution < 1.29 is 38.9 Å². The summed E-state index contributed by atoms with van der Waals surface area (Å²) in [5.41, 5.74) is 1.76. The molecule has 1 aromatic rings. The van der Waals surface area contributed by atoms with Gasteiger partial charge in [-0.3, -0.25) is 4.79 Å². The molecule has 1 aliphatic heterocycles. The van der Waals surface area contributed by atoms with Gasteiger partial charge in [-0.15, -0.1) is 5.48 Å². The van der Waals surface area contributed by atoms with Crippen molar-refractivity contribution in [3.63, 3.8) is 0 Å². The van der Waals surface area contributed by atoms with Crippen LogP contribution in [0.4, 0.5) is 4.79 Å². The number of aliphatic carboxylic acids is 1. The number of alkyl carbamates (subject to hydrolysis) is 1. The Hall–Kier alpha value is -3.37. The average Bonchev–Trinajstić information content (AvgIpc) is 3.13. The predicted molar refractivity (Wildman–Crippen MR) is 104 cm³/mol. The number of esters is 1. The van der Waals surface area contributed by atoms with Crippen molar-refractivity contribution in [3.8, 4) is 0 Å². The first kappa shape index (κ1) is 22.9. The molecule has 1 heterocycles. The fraction of sp³-hybridized carbons (Fsp3) is 0.350. The number of rotatable bonds is 10. The molecule has 0 bridgehead atoms. The highest BCUT2D eigenvalue weighted by Crippen LogP contribution is 2.31. The van der Waals surface area contributed by atoms with Gasteiger partial charge in [-0.25, -0.2) is 9.59 Å². The maximum atomic E-state index is 12.9. The quantitative estimate of drug-likeness (QED) is 0.322. The van der Waals surface area contributed by atoms with E-state index in [4.69, 9.17) is 19.4 Å². The Balaban J connectivity index is 2.08. The van der Waals surface area contributed by atoms with Crippen molar-refractivity contribution in [2.75, 3.05) is 13.2 Å². The summed E-state index contributed by atoms with van der Waals surface area (Å²) in [5.74, 6) is -1.58. The molecule has 10 heteroatoms. The van der Waals surface area contributed by atoms with Gasteiger partial charge in [0.2, 0.25) is 0 Å². The Morgan fingerprint density at radius 1 is 1.30 bits per heavy atom.